The Morgan fingerprint density at radius 3 is 3.15 bits per heavy atom. The average Bonchev–Trinajstić information content (AvgIpc) is 3.00. The van der Waals surface area contributed by atoms with E-state index in [4.69, 9.17) is 11.6 Å². The second kappa shape index (κ2) is 7.39. The highest BCUT2D eigenvalue weighted by Crippen LogP contribution is 2.26. The molecule has 134 valence electrons. The van der Waals surface area contributed by atoms with Crippen molar-refractivity contribution in [1.29, 1.82) is 0 Å². The fraction of sp³-hybridized carbons (Fsp3) is 0.333. The molecule has 1 fully saturated rings. The highest BCUT2D eigenvalue weighted by Gasteiger charge is 2.12. The molecule has 0 spiro atoms. The number of halogens is 1. The molecule has 1 aliphatic heterocycles. The first-order chi connectivity index (χ1) is 12.7. The Morgan fingerprint density at radius 2 is 2.23 bits per heavy atom. The summed E-state index contributed by atoms with van der Waals surface area (Å²) in [6, 6.07) is 5.89. The van der Waals surface area contributed by atoms with Crippen molar-refractivity contribution in [2.24, 2.45) is 10.9 Å². The first-order valence-electron chi connectivity index (χ1n) is 8.67. The van der Waals surface area contributed by atoms with Crippen LogP contribution in [-0.4, -0.2) is 39.0 Å². The number of hydrogen-bond donors (Lipinski definition) is 3. The summed E-state index contributed by atoms with van der Waals surface area (Å²) >= 11 is 6.26. The van der Waals surface area contributed by atoms with Gasteiger partial charge in [-0.3, -0.25) is 5.10 Å². The Labute approximate surface area is 156 Å². The van der Waals surface area contributed by atoms with Crippen LogP contribution in [0.25, 0.3) is 10.9 Å². The molecule has 2 aromatic heterocycles. The second-order valence-corrected chi connectivity index (χ2v) is 7.02. The van der Waals surface area contributed by atoms with Crippen LogP contribution in [0.15, 0.2) is 35.6 Å². The largest absolute Gasteiger partial charge is 0.339 e. The summed E-state index contributed by atoms with van der Waals surface area (Å²) in [6.45, 7) is 4.04. The average molecular weight is 370 g/mol. The first kappa shape index (κ1) is 16.9. The minimum absolute atomic E-state index is 0.424. The van der Waals surface area contributed by atoms with Crippen molar-refractivity contribution in [3.05, 3.63) is 35.6 Å². The smallest absolute Gasteiger partial charge is 0.251 e. The van der Waals surface area contributed by atoms with E-state index in [1.807, 2.05) is 18.2 Å². The fourth-order valence-corrected chi connectivity index (χ4v) is 3.10. The Hall–Kier alpha value is -2.51. The van der Waals surface area contributed by atoms with Crippen molar-refractivity contribution in [2.75, 3.05) is 18.4 Å². The molecule has 1 atom stereocenters. The van der Waals surface area contributed by atoms with Crippen molar-refractivity contribution in [1.82, 2.24) is 25.5 Å². The van der Waals surface area contributed by atoms with Gasteiger partial charge in [-0.25, -0.2) is 9.98 Å². The molecule has 1 aliphatic rings. The summed E-state index contributed by atoms with van der Waals surface area (Å²) in [4.78, 5) is 13.4. The van der Waals surface area contributed by atoms with Gasteiger partial charge in [-0.05, 0) is 43.5 Å². The highest BCUT2D eigenvalue weighted by molar-refractivity contribution is 6.32. The number of nitrogens with zero attached hydrogens (tertiary/aromatic N) is 4. The van der Waals surface area contributed by atoms with Crippen LogP contribution in [-0.2, 0) is 0 Å². The molecule has 3 N–H and O–H groups in total. The predicted molar refractivity (Wildman–Crippen MR) is 105 cm³/mol. The lowest BCUT2D eigenvalue weighted by Gasteiger charge is -2.08. The molecule has 3 heterocycles. The monoisotopic (exact) mass is 369 g/mol. The van der Waals surface area contributed by atoms with Gasteiger partial charge in [-0.1, -0.05) is 18.5 Å². The normalized spacial score (nSPS) is 19.6. The summed E-state index contributed by atoms with van der Waals surface area (Å²) in [6.07, 6.45) is 5.44. The van der Waals surface area contributed by atoms with E-state index in [9.17, 15) is 0 Å². The minimum Gasteiger partial charge on any atom is -0.339 e. The number of hydrogen-bond acceptors (Lipinski definition) is 6. The van der Waals surface area contributed by atoms with Gasteiger partial charge < -0.3 is 10.6 Å². The molecule has 0 radical (unpaired) electrons. The Morgan fingerprint density at radius 1 is 1.31 bits per heavy atom. The van der Waals surface area contributed by atoms with Crippen LogP contribution in [0.4, 0.5) is 17.5 Å². The van der Waals surface area contributed by atoms with E-state index in [0.717, 1.165) is 48.2 Å². The SMILES string of the molecule is CC1CCC(=Nc2ncc(Cl)c(Nc3ccc4[nH]ncc4c3)n2)CNC1. The highest BCUT2D eigenvalue weighted by atomic mass is 35.5. The molecule has 7 nitrogen and oxygen atoms in total. The third kappa shape index (κ3) is 3.84. The lowest BCUT2D eigenvalue weighted by Crippen LogP contribution is -2.22. The molecule has 0 aliphatic carbocycles. The van der Waals surface area contributed by atoms with Gasteiger partial charge in [0.05, 0.1) is 17.9 Å². The van der Waals surface area contributed by atoms with E-state index in [2.05, 4.69) is 42.7 Å². The van der Waals surface area contributed by atoms with Crippen molar-refractivity contribution in [3.63, 3.8) is 0 Å². The maximum Gasteiger partial charge on any atom is 0.251 e. The number of benzene rings is 1. The molecule has 0 bridgehead atoms. The molecular weight excluding hydrogens is 350 g/mol. The van der Waals surface area contributed by atoms with Gasteiger partial charge in [0, 0.05) is 23.3 Å². The lowest BCUT2D eigenvalue weighted by molar-refractivity contribution is 0.527. The van der Waals surface area contributed by atoms with Crippen LogP contribution < -0.4 is 10.6 Å². The van der Waals surface area contributed by atoms with Crippen molar-refractivity contribution in [2.45, 2.75) is 19.8 Å². The Balaban J connectivity index is 1.57. The van der Waals surface area contributed by atoms with Crippen molar-refractivity contribution >= 4 is 45.7 Å². The maximum absolute atomic E-state index is 6.26. The molecule has 4 rings (SSSR count). The van der Waals surface area contributed by atoms with Gasteiger partial charge in [-0.2, -0.15) is 10.1 Å². The van der Waals surface area contributed by atoms with E-state index >= 15 is 0 Å². The van der Waals surface area contributed by atoms with Crippen LogP contribution >= 0.6 is 11.6 Å². The summed E-state index contributed by atoms with van der Waals surface area (Å²) in [5.41, 5.74) is 2.93. The number of fused-ring (bicyclic) bond motifs is 1. The third-order valence-corrected chi connectivity index (χ3v) is 4.72. The molecule has 3 aromatic rings. The molecule has 1 saturated heterocycles. The number of aromatic amines is 1. The summed E-state index contributed by atoms with van der Waals surface area (Å²) < 4.78 is 0. The molecule has 26 heavy (non-hydrogen) atoms. The number of H-pyrrole nitrogens is 1. The summed E-state index contributed by atoms with van der Waals surface area (Å²) in [5, 5.41) is 15.1. The first-order valence-corrected chi connectivity index (χ1v) is 9.05. The maximum atomic E-state index is 6.26. The van der Waals surface area contributed by atoms with Crippen LogP contribution in [0.3, 0.4) is 0 Å². The summed E-state index contributed by atoms with van der Waals surface area (Å²) in [7, 11) is 0. The summed E-state index contributed by atoms with van der Waals surface area (Å²) in [5.74, 6) is 1.62. The van der Waals surface area contributed by atoms with Gasteiger partial charge in [0.25, 0.3) is 5.95 Å². The van der Waals surface area contributed by atoms with E-state index < -0.39 is 0 Å². The molecule has 1 unspecified atom stereocenters. The fourth-order valence-electron chi connectivity index (χ4n) is 2.96. The van der Waals surface area contributed by atoms with E-state index in [0.29, 0.717) is 22.7 Å². The number of aliphatic imine (C=N–C) groups is 1. The van der Waals surface area contributed by atoms with Crippen molar-refractivity contribution < 1.29 is 0 Å². The van der Waals surface area contributed by atoms with E-state index in [1.165, 1.54) is 0 Å². The van der Waals surface area contributed by atoms with Crippen LogP contribution in [0.1, 0.15) is 19.8 Å². The van der Waals surface area contributed by atoms with Crippen LogP contribution in [0, 0.1) is 5.92 Å². The van der Waals surface area contributed by atoms with Crippen LogP contribution in [0.2, 0.25) is 5.02 Å². The van der Waals surface area contributed by atoms with Crippen molar-refractivity contribution in [3.8, 4) is 0 Å². The molecule has 0 saturated carbocycles. The number of rotatable bonds is 3. The molecule has 8 heteroatoms. The van der Waals surface area contributed by atoms with Gasteiger partial charge in [0.15, 0.2) is 5.82 Å². The number of anilines is 2. The Kier molecular flexibility index (Phi) is 4.81. The third-order valence-electron chi connectivity index (χ3n) is 4.44. The number of aromatic nitrogens is 4. The second-order valence-electron chi connectivity index (χ2n) is 6.62. The zero-order chi connectivity index (χ0) is 17.9. The quantitative estimate of drug-likeness (QED) is 0.652. The molecular formula is C18H20ClN7. The Bertz CT molecular complexity index is 950. The zero-order valence-corrected chi connectivity index (χ0v) is 15.2. The molecule has 0 amide bonds. The topological polar surface area (TPSA) is 90.9 Å². The van der Waals surface area contributed by atoms with Gasteiger partial charge in [-0.15, -0.1) is 0 Å². The standard InChI is InChI=1S/C18H20ClN7/c1-11-2-3-14(9-20-7-11)24-18-21-10-15(19)17(25-18)23-13-4-5-16-12(6-13)8-22-26-16/h4-6,8,10-11,20H,2-3,7,9H2,1H3,(H,22,26)(H,21,23,25). The number of nitrogens with one attached hydrogen (secondary N) is 3. The van der Waals surface area contributed by atoms with Gasteiger partial charge in [0.2, 0.25) is 0 Å². The molecule has 1 aromatic carbocycles. The van der Waals surface area contributed by atoms with Crippen LogP contribution in [0.5, 0.6) is 0 Å². The zero-order valence-electron chi connectivity index (χ0n) is 14.5. The van der Waals surface area contributed by atoms with Gasteiger partial charge in [0.1, 0.15) is 5.02 Å². The minimum atomic E-state index is 0.424. The van der Waals surface area contributed by atoms with E-state index in [1.54, 1.807) is 12.4 Å². The lowest BCUT2D eigenvalue weighted by atomic mass is 10.1. The van der Waals surface area contributed by atoms with Gasteiger partial charge >= 0.3 is 0 Å². The van der Waals surface area contributed by atoms with E-state index in [-0.39, 0.29) is 0 Å². The predicted octanol–water partition coefficient (Wildman–Crippen LogP) is 3.84.